The molecule has 7 nitrogen and oxygen atoms in total. The highest BCUT2D eigenvalue weighted by Gasteiger charge is 2.32. The van der Waals surface area contributed by atoms with Gasteiger partial charge >= 0.3 is 0 Å². The summed E-state index contributed by atoms with van der Waals surface area (Å²) in [4.78, 5) is 20.3. The number of nitro groups is 1. The van der Waals surface area contributed by atoms with Crippen LogP contribution in [0.5, 0.6) is 0 Å². The van der Waals surface area contributed by atoms with Crippen LogP contribution in [-0.2, 0) is 0 Å². The average molecular weight is 480 g/mol. The van der Waals surface area contributed by atoms with E-state index in [4.69, 9.17) is 17.3 Å². The zero-order chi connectivity index (χ0) is 23.7. The second-order valence-corrected chi connectivity index (χ2v) is 9.91. The van der Waals surface area contributed by atoms with Gasteiger partial charge in [0.15, 0.2) is 0 Å². The number of benzene rings is 2. The molecule has 2 aromatic carbocycles. The largest absolute Gasteiger partial charge is 0.367 e. The van der Waals surface area contributed by atoms with Gasteiger partial charge < -0.3 is 15.5 Å². The third-order valence-electron chi connectivity index (χ3n) is 7.35. The molecular formula is C26H30ClN5O2. The molecule has 8 heteroatoms. The van der Waals surface area contributed by atoms with Gasteiger partial charge in [-0.05, 0) is 74.9 Å². The monoisotopic (exact) mass is 479 g/mol. The Morgan fingerprint density at radius 3 is 2.59 bits per heavy atom. The van der Waals surface area contributed by atoms with Crippen molar-refractivity contribution in [3.05, 3.63) is 69.9 Å². The Morgan fingerprint density at radius 1 is 1.09 bits per heavy atom. The molecule has 34 heavy (non-hydrogen) atoms. The molecule has 1 atom stereocenters. The number of hydrogen-bond donors (Lipinski definition) is 1. The number of halogens is 1. The van der Waals surface area contributed by atoms with Gasteiger partial charge in [0.1, 0.15) is 0 Å². The molecule has 1 saturated heterocycles. The van der Waals surface area contributed by atoms with Crippen molar-refractivity contribution in [2.24, 2.45) is 5.73 Å². The highest BCUT2D eigenvalue weighted by atomic mass is 35.5. The fourth-order valence-corrected chi connectivity index (χ4v) is 5.74. The molecule has 2 fully saturated rings. The Kier molecular flexibility index (Phi) is 6.57. The molecule has 178 valence electrons. The number of hydrogen-bond acceptors (Lipinski definition) is 6. The lowest BCUT2D eigenvalue weighted by Crippen LogP contribution is -2.47. The highest BCUT2D eigenvalue weighted by Crippen LogP contribution is 2.35. The van der Waals surface area contributed by atoms with Crippen LogP contribution < -0.4 is 15.5 Å². The van der Waals surface area contributed by atoms with Gasteiger partial charge in [-0.25, -0.2) is 0 Å². The van der Waals surface area contributed by atoms with Crippen molar-refractivity contribution in [1.82, 2.24) is 4.98 Å². The summed E-state index contributed by atoms with van der Waals surface area (Å²) < 4.78 is 0. The molecule has 1 saturated carbocycles. The van der Waals surface area contributed by atoms with E-state index in [1.165, 1.54) is 5.69 Å². The van der Waals surface area contributed by atoms with Gasteiger partial charge in [-0.3, -0.25) is 15.1 Å². The van der Waals surface area contributed by atoms with Crippen LogP contribution in [0.15, 0.2) is 54.7 Å². The molecule has 3 aromatic rings. The number of pyridine rings is 1. The molecule has 5 rings (SSSR count). The molecule has 2 heterocycles. The van der Waals surface area contributed by atoms with Gasteiger partial charge in [0.25, 0.3) is 5.69 Å². The van der Waals surface area contributed by atoms with Crippen LogP contribution in [-0.4, -0.2) is 41.1 Å². The van der Waals surface area contributed by atoms with Crippen molar-refractivity contribution in [3.8, 4) is 0 Å². The van der Waals surface area contributed by atoms with Gasteiger partial charge in [-0.2, -0.15) is 0 Å². The van der Waals surface area contributed by atoms with E-state index in [-0.39, 0.29) is 16.7 Å². The first-order valence-electron chi connectivity index (χ1n) is 12.1. The van der Waals surface area contributed by atoms with E-state index in [9.17, 15) is 10.1 Å². The third kappa shape index (κ3) is 4.68. The minimum atomic E-state index is -0.346. The van der Waals surface area contributed by atoms with E-state index in [0.717, 1.165) is 68.2 Å². The maximum absolute atomic E-state index is 11.1. The first kappa shape index (κ1) is 22.9. The van der Waals surface area contributed by atoms with Crippen LogP contribution in [0.1, 0.15) is 38.5 Å². The minimum Gasteiger partial charge on any atom is -0.367 e. The van der Waals surface area contributed by atoms with E-state index in [2.05, 4.69) is 26.9 Å². The second-order valence-electron chi connectivity index (χ2n) is 9.48. The quantitative estimate of drug-likeness (QED) is 0.368. The van der Waals surface area contributed by atoms with Crippen LogP contribution >= 0.6 is 11.6 Å². The Bertz CT molecular complexity index is 1160. The summed E-state index contributed by atoms with van der Waals surface area (Å²) in [7, 11) is 0. The smallest absolute Gasteiger partial charge is 0.269 e. The van der Waals surface area contributed by atoms with Crippen molar-refractivity contribution >= 4 is 39.6 Å². The van der Waals surface area contributed by atoms with E-state index in [1.807, 2.05) is 30.5 Å². The van der Waals surface area contributed by atoms with Crippen LogP contribution in [0.25, 0.3) is 10.9 Å². The average Bonchev–Trinajstić information content (AvgIpc) is 3.31. The Morgan fingerprint density at radius 2 is 1.85 bits per heavy atom. The number of rotatable bonds is 6. The summed E-state index contributed by atoms with van der Waals surface area (Å²) in [5.41, 5.74) is 9.51. The molecule has 1 aromatic heterocycles. The summed E-state index contributed by atoms with van der Waals surface area (Å²) in [6.07, 6.45) is 8.29. The standard InChI is InChI=1S/C26H30ClN5O2/c27-18-3-12-24-25(16-18)29-14-13-26(24)31(21-6-4-19(28)5-7-21)17-23-2-1-15-30(23)20-8-10-22(11-9-20)32(33)34/h3,8-14,16,19,21,23H,1-2,4-7,15,17,28H2/t19?,21?,23-/m1/s1. The number of nitrogens with two attached hydrogens (primary N) is 1. The predicted octanol–water partition coefficient (Wildman–Crippen LogP) is 5.54. The van der Waals surface area contributed by atoms with E-state index >= 15 is 0 Å². The molecule has 0 bridgehead atoms. The molecule has 2 aliphatic rings. The predicted molar refractivity (Wildman–Crippen MR) is 138 cm³/mol. The Balaban J connectivity index is 1.47. The van der Waals surface area contributed by atoms with Gasteiger partial charge in [-0.1, -0.05) is 11.6 Å². The topological polar surface area (TPSA) is 88.5 Å². The normalized spacial score (nSPS) is 22.8. The number of non-ortho nitro benzene ring substituents is 1. The summed E-state index contributed by atoms with van der Waals surface area (Å²) in [5, 5.41) is 12.9. The van der Waals surface area contributed by atoms with Crippen LogP contribution in [0.4, 0.5) is 17.1 Å². The number of nitrogens with zero attached hydrogens (tertiary/aromatic N) is 4. The van der Waals surface area contributed by atoms with Gasteiger partial charge in [0.05, 0.1) is 10.4 Å². The third-order valence-corrected chi connectivity index (χ3v) is 7.59. The van der Waals surface area contributed by atoms with Crippen LogP contribution in [0.2, 0.25) is 5.02 Å². The fraction of sp³-hybridized carbons (Fsp3) is 0.423. The second kappa shape index (κ2) is 9.76. The number of fused-ring (bicyclic) bond motifs is 1. The maximum atomic E-state index is 11.1. The van der Waals surface area contributed by atoms with Crippen molar-refractivity contribution in [2.45, 2.75) is 56.7 Å². The molecule has 0 amide bonds. The molecule has 0 unspecified atom stereocenters. The lowest BCUT2D eigenvalue weighted by atomic mass is 9.90. The molecule has 1 aliphatic carbocycles. The lowest BCUT2D eigenvalue weighted by molar-refractivity contribution is -0.384. The fourth-order valence-electron chi connectivity index (χ4n) is 5.57. The first-order valence-corrected chi connectivity index (χ1v) is 12.4. The molecule has 1 aliphatic heterocycles. The van der Waals surface area contributed by atoms with Gasteiger partial charge in [0, 0.05) is 71.3 Å². The van der Waals surface area contributed by atoms with Crippen molar-refractivity contribution in [1.29, 1.82) is 0 Å². The maximum Gasteiger partial charge on any atom is 0.269 e. The SMILES string of the molecule is NC1CCC(N(C[C@H]2CCCN2c2ccc([N+](=O)[O-])cc2)c2ccnc3cc(Cl)ccc23)CC1. The molecule has 0 radical (unpaired) electrons. The van der Waals surface area contributed by atoms with Crippen molar-refractivity contribution < 1.29 is 4.92 Å². The molecule has 0 spiro atoms. The van der Waals surface area contributed by atoms with Crippen molar-refractivity contribution in [2.75, 3.05) is 22.9 Å². The minimum absolute atomic E-state index is 0.126. The zero-order valence-corrected chi connectivity index (χ0v) is 19.9. The van der Waals surface area contributed by atoms with Crippen molar-refractivity contribution in [3.63, 3.8) is 0 Å². The summed E-state index contributed by atoms with van der Waals surface area (Å²) in [5.74, 6) is 0. The first-order chi connectivity index (χ1) is 16.5. The van der Waals surface area contributed by atoms with Crippen LogP contribution in [0, 0.1) is 10.1 Å². The number of anilines is 2. The summed E-state index contributed by atoms with van der Waals surface area (Å²) in [6.45, 7) is 1.84. The van der Waals surface area contributed by atoms with Crippen LogP contribution in [0.3, 0.4) is 0 Å². The van der Waals surface area contributed by atoms with Gasteiger partial charge in [-0.15, -0.1) is 0 Å². The molecular weight excluding hydrogens is 450 g/mol. The number of aromatic nitrogens is 1. The van der Waals surface area contributed by atoms with E-state index < -0.39 is 0 Å². The summed E-state index contributed by atoms with van der Waals surface area (Å²) >= 11 is 6.25. The zero-order valence-electron chi connectivity index (χ0n) is 19.1. The summed E-state index contributed by atoms with van der Waals surface area (Å²) in [6, 6.07) is 16.0. The van der Waals surface area contributed by atoms with Gasteiger partial charge in [0.2, 0.25) is 0 Å². The number of nitro benzene ring substituents is 1. The van der Waals surface area contributed by atoms with E-state index in [1.54, 1.807) is 12.1 Å². The Hall–Kier alpha value is -2.90. The molecule has 2 N–H and O–H groups in total. The lowest BCUT2D eigenvalue weighted by Gasteiger charge is -2.41. The van der Waals surface area contributed by atoms with E-state index in [0.29, 0.717) is 17.1 Å². The Labute approximate surface area is 204 Å². The highest BCUT2D eigenvalue weighted by molar-refractivity contribution is 6.31.